The lowest BCUT2D eigenvalue weighted by atomic mass is 9.77. The molecular weight excluding hydrogens is 358 g/mol. The van der Waals surface area contributed by atoms with E-state index in [4.69, 9.17) is 10.6 Å². The topological polar surface area (TPSA) is 114 Å². The first-order chi connectivity index (χ1) is 13.2. The number of amides is 2. The van der Waals surface area contributed by atoms with Crippen LogP contribution in [0.4, 0.5) is 10.5 Å². The van der Waals surface area contributed by atoms with Crippen LogP contribution < -0.4 is 11.1 Å². The zero-order valence-corrected chi connectivity index (χ0v) is 17.2. The Kier molecular flexibility index (Phi) is 6.83. The largest absolute Gasteiger partial charge is 0.511 e. The van der Waals surface area contributed by atoms with Crippen LogP contribution in [-0.2, 0) is 9.63 Å². The number of urea groups is 1. The summed E-state index contributed by atoms with van der Waals surface area (Å²) >= 11 is 0. The normalized spacial score (nSPS) is 17.7. The number of nitrogens with one attached hydrogen (secondary N) is 1. The Bertz CT molecular complexity index is 856. The number of benzene rings is 1. The molecule has 2 amide bonds. The number of hydrogen-bond donors (Lipinski definition) is 3. The van der Waals surface area contributed by atoms with Crippen LogP contribution in [0.25, 0.3) is 0 Å². The Morgan fingerprint density at radius 3 is 2.50 bits per heavy atom. The van der Waals surface area contributed by atoms with Crippen molar-refractivity contribution in [2.24, 2.45) is 10.9 Å². The molecule has 0 bridgehead atoms. The van der Waals surface area contributed by atoms with Crippen molar-refractivity contribution in [1.29, 1.82) is 0 Å². The summed E-state index contributed by atoms with van der Waals surface area (Å²) in [4.78, 5) is 29.3. The monoisotopic (exact) mass is 387 g/mol. The van der Waals surface area contributed by atoms with Crippen molar-refractivity contribution in [2.75, 3.05) is 11.9 Å². The fraction of sp³-hybridized carbons (Fsp3) is 0.476. The van der Waals surface area contributed by atoms with Gasteiger partial charge in [0.25, 0.3) is 0 Å². The van der Waals surface area contributed by atoms with Crippen LogP contribution in [0.1, 0.15) is 61.3 Å². The highest BCUT2D eigenvalue weighted by molar-refractivity contribution is 6.23. The van der Waals surface area contributed by atoms with Gasteiger partial charge in [0.1, 0.15) is 12.4 Å². The summed E-state index contributed by atoms with van der Waals surface area (Å²) < 4.78 is 0. The molecule has 0 saturated carbocycles. The summed E-state index contributed by atoms with van der Waals surface area (Å²) in [5, 5.41) is 17.3. The van der Waals surface area contributed by atoms with E-state index >= 15 is 0 Å². The van der Waals surface area contributed by atoms with E-state index in [2.05, 4.69) is 10.5 Å². The van der Waals surface area contributed by atoms with Gasteiger partial charge in [-0.15, -0.1) is 0 Å². The number of hydrogen-bond acceptors (Lipinski definition) is 5. The first-order valence-electron chi connectivity index (χ1n) is 9.52. The fourth-order valence-corrected chi connectivity index (χ4v) is 4.00. The summed E-state index contributed by atoms with van der Waals surface area (Å²) in [6.07, 6.45) is 1.07. The maximum Gasteiger partial charge on any atom is 0.316 e. The molecule has 1 aliphatic carbocycles. The molecule has 7 heteroatoms. The molecule has 1 aliphatic rings. The van der Waals surface area contributed by atoms with Gasteiger partial charge in [0.05, 0.1) is 11.3 Å². The lowest BCUT2D eigenvalue weighted by Crippen LogP contribution is -2.25. The highest BCUT2D eigenvalue weighted by Gasteiger charge is 2.33. The highest BCUT2D eigenvalue weighted by atomic mass is 16.6. The highest BCUT2D eigenvalue weighted by Crippen LogP contribution is 2.40. The van der Waals surface area contributed by atoms with Crippen LogP contribution in [0.5, 0.6) is 0 Å². The molecule has 0 heterocycles. The van der Waals surface area contributed by atoms with E-state index in [0.29, 0.717) is 30.8 Å². The Morgan fingerprint density at radius 1 is 1.29 bits per heavy atom. The summed E-state index contributed by atoms with van der Waals surface area (Å²) in [6.45, 7) is 9.84. The molecule has 4 N–H and O–H groups in total. The fourth-order valence-electron chi connectivity index (χ4n) is 4.00. The zero-order valence-electron chi connectivity index (χ0n) is 17.2. The third-order valence-corrected chi connectivity index (χ3v) is 5.05. The summed E-state index contributed by atoms with van der Waals surface area (Å²) in [5.74, 6) is -0.307. The minimum absolute atomic E-state index is 0.0327. The molecule has 0 fully saturated rings. The van der Waals surface area contributed by atoms with Gasteiger partial charge >= 0.3 is 6.03 Å². The standard InChI is InChI=1S/C21H29N3O4/c1-6-15(24-28-7-2)19-16(25)9-14(10-17(19)26)18-11(3)8-12(4)20(13(18)5)23-21(22)27/h8,14,25H,6-7,9-10H2,1-5H3,(H3,22,23,27)/b24-15-. The predicted molar refractivity (Wildman–Crippen MR) is 110 cm³/mol. The molecule has 1 aromatic carbocycles. The molecule has 0 aliphatic heterocycles. The van der Waals surface area contributed by atoms with Crippen LogP contribution in [-0.4, -0.2) is 29.2 Å². The Morgan fingerprint density at radius 2 is 1.96 bits per heavy atom. The van der Waals surface area contributed by atoms with Crippen LogP contribution in [0, 0.1) is 20.8 Å². The van der Waals surface area contributed by atoms with Crippen molar-refractivity contribution in [2.45, 2.75) is 59.8 Å². The van der Waals surface area contributed by atoms with E-state index in [0.717, 1.165) is 22.3 Å². The second-order valence-corrected chi connectivity index (χ2v) is 7.07. The molecule has 1 atom stereocenters. The molecule has 28 heavy (non-hydrogen) atoms. The zero-order chi connectivity index (χ0) is 21.0. The SMILES string of the molecule is CCO/N=C(/CC)C1=C(O)CC(c2c(C)cc(C)c(NC(N)=O)c2C)CC1=O. The van der Waals surface area contributed by atoms with Crippen LogP contribution >= 0.6 is 0 Å². The lowest BCUT2D eigenvalue weighted by molar-refractivity contribution is -0.116. The number of Topliss-reactive ketones (excluding diaryl/α,β-unsaturated/α-hetero) is 1. The third-order valence-electron chi connectivity index (χ3n) is 5.05. The molecular formula is C21H29N3O4. The molecule has 0 radical (unpaired) electrons. The van der Waals surface area contributed by atoms with E-state index in [9.17, 15) is 14.7 Å². The number of aryl methyl sites for hydroxylation is 2. The van der Waals surface area contributed by atoms with Gasteiger partial charge < -0.3 is 21.0 Å². The number of nitrogens with two attached hydrogens (primary N) is 1. The molecule has 152 valence electrons. The van der Waals surface area contributed by atoms with Crippen molar-refractivity contribution >= 4 is 23.2 Å². The van der Waals surface area contributed by atoms with Crippen molar-refractivity contribution in [1.82, 2.24) is 0 Å². The molecule has 0 aromatic heterocycles. The van der Waals surface area contributed by atoms with E-state index in [-0.39, 0.29) is 29.5 Å². The van der Waals surface area contributed by atoms with Crippen molar-refractivity contribution in [3.63, 3.8) is 0 Å². The van der Waals surface area contributed by atoms with Gasteiger partial charge in [-0.05, 0) is 62.3 Å². The predicted octanol–water partition coefficient (Wildman–Crippen LogP) is 4.16. The number of aliphatic hydroxyl groups is 1. The average Bonchev–Trinajstić information content (AvgIpc) is 2.60. The maximum absolute atomic E-state index is 12.9. The van der Waals surface area contributed by atoms with E-state index in [1.54, 1.807) is 0 Å². The number of aliphatic hydroxyl groups excluding tert-OH is 1. The number of oxime groups is 1. The molecule has 0 saturated heterocycles. The summed E-state index contributed by atoms with van der Waals surface area (Å²) in [5.41, 5.74) is 10.4. The van der Waals surface area contributed by atoms with Gasteiger partial charge in [0, 0.05) is 18.5 Å². The Labute approximate surface area is 165 Å². The van der Waals surface area contributed by atoms with Crippen molar-refractivity contribution < 1.29 is 19.5 Å². The average molecular weight is 387 g/mol. The van der Waals surface area contributed by atoms with Crippen LogP contribution in [0.3, 0.4) is 0 Å². The molecule has 0 spiro atoms. The molecule has 1 unspecified atom stereocenters. The smallest absolute Gasteiger partial charge is 0.316 e. The van der Waals surface area contributed by atoms with Gasteiger partial charge in [0.15, 0.2) is 5.78 Å². The molecule has 7 nitrogen and oxygen atoms in total. The second-order valence-electron chi connectivity index (χ2n) is 7.07. The van der Waals surface area contributed by atoms with Gasteiger partial charge in [-0.25, -0.2) is 4.79 Å². The number of ketones is 1. The van der Waals surface area contributed by atoms with E-state index < -0.39 is 6.03 Å². The lowest BCUT2D eigenvalue weighted by Gasteiger charge is -2.28. The minimum atomic E-state index is -0.634. The van der Waals surface area contributed by atoms with E-state index in [1.165, 1.54) is 0 Å². The maximum atomic E-state index is 12.9. The van der Waals surface area contributed by atoms with Gasteiger partial charge in [-0.3, -0.25) is 4.79 Å². The molecule has 2 rings (SSSR count). The Hall–Kier alpha value is -2.83. The number of nitrogens with zero attached hydrogens (tertiary/aromatic N) is 1. The Balaban J connectivity index is 2.47. The van der Waals surface area contributed by atoms with E-state index in [1.807, 2.05) is 40.7 Å². The third kappa shape index (κ3) is 4.35. The number of primary amides is 1. The van der Waals surface area contributed by atoms with Gasteiger partial charge in [0.2, 0.25) is 0 Å². The van der Waals surface area contributed by atoms with Gasteiger partial charge in [-0.2, -0.15) is 0 Å². The van der Waals surface area contributed by atoms with Gasteiger partial charge in [-0.1, -0.05) is 18.1 Å². The molecule has 1 aromatic rings. The second kappa shape index (κ2) is 8.91. The summed E-state index contributed by atoms with van der Waals surface area (Å²) in [6, 6.07) is 1.33. The number of carbonyl (C=O) groups excluding carboxylic acids is 2. The van der Waals surface area contributed by atoms with Crippen molar-refractivity contribution in [3.05, 3.63) is 39.7 Å². The number of allylic oxidation sites excluding steroid dienone is 2. The first-order valence-corrected chi connectivity index (χ1v) is 9.52. The minimum Gasteiger partial charge on any atom is -0.511 e. The first kappa shape index (κ1) is 21.5. The van der Waals surface area contributed by atoms with Crippen LogP contribution in [0.15, 0.2) is 22.6 Å². The number of carbonyl (C=O) groups is 2. The van der Waals surface area contributed by atoms with Crippen LogP contribution in [0.2, 0.25) is 0 Å². The summed E-state index contributed by atoms with van der Waals surface area (Å²) in [7, 11) is 0. The van der Waals surface area contributed by atoms with Crippen molar-refractivity contribution in [3.8, 4) is 0 Å². The quantitative estimate of drug-likeness (QED) is 0.502. The number of rotatable bonds is 6. The number of anilines is 1.